The van der Waals surface area contributed by atoms with E-state index in [2.05, 4.69) is 9.97 Å². The monoisotopic (exact) mass is 311 g/mol. The van der Waals surface area contributed by atoms with E-state index in [9.17, 15) is 13.2 Å². The largest absolute Gasteiger partial charge is 0.480 e. The van der Waals surface area contributed by atoms with Gasteiger partial charge in [0, 0.05) is 23.3 Å². The molecule has 0 saturated heterocycles. The summed E-state index contributed by atoms with van der Waals surface area (Å²) in [6.07, 6.45) is 2.89. The van der Waals surface area contributed by atoms with Gasteiger partial charge in [-0.25, -0.2) is 13.4 Å². The van der Waals surface area contributed by atoms with Crippen molar-refractivity contribution in [3.8, 4) is 0 Å². The topological polar surface area (TPSA) is 103 Å². The lowest BCUT2D eigenvalue weighted by Gasteiger charge is -2.32. The van der Waals surface area contributed by atoms with E-state index in [1.807, 2.05) is 0 Å². The summed E-state index contributed by atoms with van der Waals surface area (Å²) in [7, 11) is -3.96. The number of aromatic nitrogens is 2. The maximum absolute atomic E-state index is 12.8. The number of sulfonamides is 1. The Morgan fingerprint density at radius 1 is 1.43 bits per heavy atom. The normalized spacial score (nSPS) is 13.0. The highest BCUT2D eigenvalue weighted by atomic mass is 32.2. The number of H-pyrrole nitrogens is 1. The summed E-state index contributed by atoms with van der Waals surface area (Å²) in [6, 6.07) is 3.27. The first-order chi connectivity index (χ1) is 9.64. The molecule has 0 spiro atoms. The average molecular weight is 311 g/mol. The molecule has 0 amide bonds. The van der Waals surface area contributed by atoms with Crippen LogP contribution < -0.4 is 0 Å². The second-order valence-electron chi connectivity index (χ2n) is 5.63. The first-order valence-electron chi connectivity index (χ1n) is 6.31. The number of aliphatic carboxylic acids is 1. The standard InChI is InChI=1S/C13H17N3O4S/c1-13(2,3)16(8-11(17)18)21(19,20)10-7-15-12-9(10)5-4-6-14-12/h4-7H,8H2,1-3H3,(H,14,15)(H,17,18). The van der Waals surface area contributed by atoms with Crippen molar-refractivity contribution < 1.29 is 18.3 Å². The number of fused-ring (bicyclic) bond motifs is 1. The number of aromatic amines is 1. The van der Waals surface area contributed by atoms with Crippen LogP contribution in [0, 0.1) is 0 Å². The molecule has 0 aliphatic rings. The zero-order valence-corrected chi connectivity index (χ0v) is 12.8. The van der Waals surface area contributed by atoms with Gasteiger partial charge in [-0.1, -0.05) is 0 Å². The molecule has 2 rings (SSSR count). The molecule has 21 heavy (non-hydrogen) atoms. The van der Waals surface area contributed by atoms with Crippen LogP contribution in [0.2, 0.25) is 0 Å². The maximum Gasteiger partial charge on any atom is 0.318 e. The second-order valence-corrected chi connectivity index (χ2v) is 7.46. The number of carboxylic acids is 1. The molecule has 8 heteroatoms. The molecular weight excluding hydrogens is 294 g/mol. The zero-order chi connectivity index (χ0) is 15.8. The molecule has 0 radical (unpaired) electrons. The Morgan fingerprint density at radius 3 is 2.67 bits per heavy atom. The lowest BCUT2D eigenvalue weighted by atomic mass is 10.1. The molecule has 0 atom stereocenters. The molecular formula is C13H17N3O4S. The van der Waals surface area contributed by atoms with E-state index in [4.69, 9.17) is 5.11 Å². The van der Waals surface area contributed by atoms with Gasteiger partial charge in [-0.05, 0) is 32.9 Å². The number of hydrogen-bond donors (Lipinski definition) is 2. The molecule has 7 nitrogen and oxygen atoms in total. The molecule has 2 heterocycles. The van der Waals surface area contributed by atoms with Crippen LogP contribution in [0.15, 0.2) is 29.4 Å². The van der Waals surface area contributed by atoms with Crippen molar-refractivity contribution in [2.24, 2.45) is 0 Å². The van der Waals surface area contributed by atoms with Gasteiger partial charge in [0.25, 0.3) is 0 Å². The van der Waals surface area contributed by atoms with E-state index < -0.39 is 28.1 Å². The molecule has 2 N–H and O–H groups in total. The second kappa shape index (κ2) is 5.12. The summed E-state index contributed by atoms with van der Waals surface area (Å²) in [5.74, 6) is -1.20. The maximum atomic E-state index is 12.8. The fraction of sp³-hybridized carbons (Fsp3) is 0.385. The third kappa shape index (κ3) is 2.91. The molecule has 0 unspecified atom stereocenters. The van der Waals surface area contributed by atoms with E-state index in [0.29, 0.717) is 11.0 Å². The van der Waals surface area contributed by atoms with E-state index in [1.54, 1.807) is 39.1 Å². The van der Waals surface area contributed by atoms with Crippen LogP contribution in [0.3, 0.4) is 0 Å². The molecule has 0 aliphatic heterocycles. The fourth-order valence-corrected chi connectivity index (χ4v) is 3.96. The van der Waals surface area contributed by atoms with E-state index >= 15 is 0 Å². The van der Waals surface area contributed by atoms with Gasteiger partial charge in [0.1, 0.15) is 17.1 Å². The number of carbonyl (C=O) groups is 1. The number of rotatable bonds is 4. The van der Waals surface area contributed by atoms with E-state index in [-0.39, 0.29) is 4.90 Å². The molecule has 0 bridgehead atoms. The highest BCUT2D eigenvalue weighted by Gasteiger charge is 2.37. The molecule has 0 saturated carbocycles. The SMILES string of the molecule is CC(C)(C)N(CC(=O)O)S(=O)(=O)c1c[nH]c2ncccc12. The Balaban J connectivity index is 2.60. The Hall–Kier alpha value is -1.93. The summed E-state index contributed by atoms with van der Waals surface area (Å²) < 4.78 is 26.6. The Bertz CT molecular complexity index is 774. The van der Waals surface area contributed by atoms with Crippen molar-refractivity contribution in [1.29, 1.82) is 0 Å². The number of pyridine rings is 1. The zero-order valence-electron chi connectivity index (χ0n) is 12.0. The highest BCUT2D eigenvalue weighted by molar-refractivity contribution is 7.89. The molecule has 114 valence electrons. The van der Waals surface area contributed by atoms with Gasteiger partial charge >= 0.3 is 5.97 Å². The first kappa shape index (κ1) is 15.5. The minimum Gasteiger partial charge on any atom is -0.480 e. The molecule has 0 aromatic carbocycles. The highest BCUT2D eigenvalue weighted by Crippen LogP contribution is 2.28. The summed E-state index contributed by atoms with van der Waals surface area (Å²) >= 11 is 0. The van der Waals surface area contributed by atoms with Crippen molar-refractivity contribution >= 4 is 27.0 Å². The summed E-state index contributed by atoms with van der Waals surface area (Å²) in [5, 5.41) is 9.44. The molecule has 0 aliphatic carbocycles. The number of carboxylic acid groups (broad SMARTS) is 1. The Morgan fingerprint density at radius 2 is 2.10 bits per heavy atom. The minimum atomic E-state index is -3.96. The van der Waals surface area contributed by atoms with Crippen LogP contribution in [-0.4, -0.2) is 45.9 Å². The van der Waals surface area contributed by atoms with Gasteiger partial charge in [0.05, 0.1) is 0 Å². The van der Waals surface area contributed by atoms with Crippen LogP contribution in [0.25, 0.3) is 11.0 Å². The van der Waals surface area contributed by atoms with Crippen molar-refractivity contribution in [3.05, 3.63) is 24.5 Å². The van der Waals surface area contributed by atoms with Crippen LogP contribution in [0.5, 0.6) is 0 Å². The van der Waals surface area contributed by atoms with Crippen LogP contribution in [0.1, 0.15) is 20.8 Å². The quantitative estimate of drug-likeness (QED) is 0.889. The molecule has 0 fully saturated rings. The summed E-state index contributed by atoms with van der Waals surface area (Å²) in [4.78, 5) is 17.9. The van der Waals surface area contributed by atoms with Gasteiger partial charge in [-0.2, -0.15) is 4.31 Å². The van der Waals surface area contributed by atoms with Crippen LogP contribution in [0.4, 0.5) is 0 Å². The van der Waals surface area contributed by atoms with Crippen molar-refractivity contribution in [2.45, 2.75) is 31.2 Å². The van der Waals surface area contributed by atoms with Crippen LogP contribution >= 0.6 is 0 Å². The third-order valence-electron chi connectivity index (χ3n) is 3.01. The number of hydrogen-bond acceptors (Lipinski definition) is 4. The molecule has 2 aromatic heterocycles. The third-order valence-corrected chi connectivity index (χ3v) is 5.16. The van der Waals surface area contributed by atoms with Crippen LogP contribution in [-0.2, 0) is 14.8 Å². The summed E-state index contributed by atoms with van der Waals surface area (Å²) in [6.45, 7) is 4.36. The smallest absolute Gasteiger partial charge is 0.318 e. The predicted octanol–water partition coefficient (Wildman–Crippen LogP) is 1.44. The van der Waals surface area contributed by atoms with E-state index in [0.717, 1.165) is 4.31 Å². The Kier molecular flexibility index (Phi) is 3.77. The lowest BCUT2D eigenvalue weighted by Crippen LogP contribution is -2.48. The van der Waals surface area contributed by atoms with Gasteiger partial charge < -0.3 is 10.1 Å². The van der Waals surface area contributed by atoms with Crippen molar-refractivity contribution in [3.63, 3.8) is 0 Å². The summed E-state index contributed by atoms with van der Waals surface area (Å²) in [5.41, 5.74) is -0.413. The van der Waals surface area contributed by atoms with Gasteiger partial charge in [-0.3, -0.25) is 4.79 Å². The average Bonchev–Trinajstić information content (AvgIpc) is 2.78. The fourth-order valence-electron chi connectivity index (χ4n) is 2.07. The first-order valence-corrected chi connectivity index (χ1v) is 7.75. The number of nitrogens with one attached hydrogen (secondary N) is 1. The van der Waals surface area contributed by atoms with Gasteiger partial charge in [0.15, 0.2) is 0 Å². The lowest BCUT2D eigenvalue weighted by molar-refractivity contribution is -0.138. The minimum absolute atomic E-state index is 0.0294. The van der Waals surface area contributed by atoms with Crippen molar-refractivity contribution in [1.82, 2.24) is 14.3 Å². The number of nitrogens with zero attached hydrogens (tertiary/aromatic N) is 2. The van der Waals surface area contributed by atoms with E-state index in [1.165, 1.54) is 6.20 Å². The van der Waals surface area contributed by atoms with Gasteiger partial charge in [0.2, 0.25) is 10.0 Å². The predicted molar refractivity (Wildman–Crippen MR) is 77.4 cm³/mol. The molecule has 2 aromatic rings. The van der Waals surface area contributed by atoms with Crippen molar-refractivity contribution in [2.75, 3.05) is 6.54 Å². The van der Waals surface area contributed by atoms with Gasteiger partial charge in [-0.15, -0.1) is 0 Å². The Labute approximate surface area is 122 Å².